The van der Waals surface area contributed by atoms with Gasteiger partial charge in [0.15, 0.2) is 0 Å². The van der Waals surface area contributed by atoms with Gasteiger partial charge in [-0.1, -0.05) is 20.3 Å². The molecule has 0 N–H and O–H groups in total. The van der Waals surface area contributed by atoms with Gasteiger partial charge >= 0.3 is 11.9 Å². The molecule has 0 heterocycles. The molecule has 82 valence electrons. The van der Waals surface area contributed by atoms with E-state index in [1.807, 2.05) is 13.8 Å². The lowest BCUT2D eigenvalue weighted by molar-refractivity contribution is -0.158. The van der Waals surface area contributed by atoms with E-state index in [9.17, 15) is 9.59 Å². The molecule has 0 saturated heterocycles. The summed E-state index contributed by atoms with van der Waals surface area (Å²) in [6.07, 6.45) is 0.991. The van der Waals surface area contributed by atoms with Crippen LogP contribution in [0.15, 0.2) is 0 Å². The highest BCUT2D eigenvalue weighted by molar-refractivity contribution is 6.32. The molecule has 0 bridgehead atoms. The Labute approximate surface area is 85.2 Å². The second-order valence-corrected chi connectivity index (χ2v) is 3.35. The summed E-state index contributed by atoms with van der Waals surface area (Å²) >= 11 is 0. The van der Waals surface area contributed by atoms with Crippen LogP contribution in [0.25, 0.3) is 0 Å². The summed E-state index contributed by atoms with van der Waals surface area (Å²) in [5.74, 6) is -0.922. The van der Waals surface area contributed by atoms with Crippen LogP contribution in [0.4, 0.5) is 0 Å². The molecule has 4 nitrogen and oxygen atoms in total. The van der Waals surface area contributed by atoms with Crippen LogP contribution in [0, 0.1) is 5.92 Å². The van der Waals surface area contributed by atoms with Crippen molar-refractivity contribution in [3.8, 4) is 0 Å². The van der Waals surface area contributed by atoms with Crippen molar-refractivity contribution in [1.29, 1.82) is 0 Å². The standard InChI is InChI=1S/C10H19NO3/c1-5-8(3)7-11(6-2)9(12)10(13)14-4/h8H,5-7H2,1-4H3. The topological polar surface area (TPSA) is 46.6 Å². The number of esters is 1. The molecule has 0 aliphatic rings. The fraction of sp³-hybridized carbons (Fsp3) is 0.800. The molecule has 14 heavy (non-hydrogen) atoms. The van der Waals surface area contributed by atoms with Crippen LogP contribution in [-0.4, -0.2) is 37.0 Å². The summed E-state index contributed by atoms with van der Waals surface area (Å²) < 4.78 is 4.38. The van der Waals surface area contributed by atoms with Crippen LogP contribution in [0.2, 0.25) is 0 Å². The minimum Gasteiger partial charge on any atom is -0.462 e. The van der Waals surface area contributed by atoms with Crippen molar-refractivity contribution in [1.82, 2.24) is 4.90 Å². The largest absolute Gasteiger partial charge is 0.462 e. The second-order valence-electron chi connectivity index (χ2n) is 3.35. The minimum absolute atomic E-state index is 0.406. The molecular formula is C10H19NO3. The Morgan fingerprint density at radius 1 is 1.36 bits per heavy atom. The third kappa shape index (κ3) is 3.77. The van der Waals surface area contributed by atoms with E-state index in [1.165, 1.54) is 12.0 Å². The number of hydrogen-bond donors (Lipinski definition) is 0. The molecule has 0 radical (unpaired) electrons. The number of nitrogens with zero attached hydrogens (tertiary/aromatic N) is 1. The lowest BCUT2D eigenvalue weighted by Crippen LogP contribution is -2.39. The first-order valence-electron chi connectivity index (χ1n) is 4.93. The molecule has 0 aliphatic heterocycles. The van der Waals surface area contributed by atoms with Gasteiger partial charge < -0.3 is 9.64 Å². The van der Waals surface area contributed by atoms with Crippen LogP contribution < -0.4 is 0 Å². The first-order chi connectivity index (χ1) is 6.56. The number of carbonyl (C=O) groups is 2. The van der Waals surface area contributed by atoms with Crippen molar-refractivity contribution in [2.24, 2.45) is 5.92 Å². The Morgan fingerprint density at radius 3 is 2.29 bits per heavy atom. The van der Waals surface area contributed by atoms with Crippen molar-refractivity contribution in [2.75, 3.05) is 20.2 Å². The first kappa shape index (κ1) is 12.9. The molecular weight excluding hydrogens is 182 g/mol. The normalized spacial score (nSPS) is 12.0. The van der Waals surface area contributed by atoms with Crippen LogP contribution in [0.3, 0.4) is 0 Å². The number of methoxy groups -OCH3 is 1. The maximum atomic E-state index is 11.4. The predicted octanol–water partition coefficient (Wildman–Crippen LogP) is 1.05. The van der Waals surface area contributed by atoms with Gasteiger partial charge in [-0.3, -0.25) is 4.79 Å². The summed E-state index contributed by atoms with van der Waals surface area (Å²) in [4.78, 5) is 23.9. The molecule has 0 aliphatic carbocycles. The van der Waals surface area contributed by atoms with E-state index in [-0.39, 0.29) is 0 Å². The van der Waals surface area contributed by atoms with Gasteiger partial charge in [-0.25, -0.2) is 4.79 Å². The zero-order valence-corrected chi connectivity index (χ0v) is 9.37. The quantitative estimate of drug-likeness (QED) is 0.504. The number of ether oxygens (including phenoxy) is 1. The van der Waals surface area contributed by atoms with Crippen LogP contribution >= 0.6 is 0 Å². The van der Waals surface area contributed by atoms with E-state index >= 15 is 0 Å². The minimum atomic E-state index is -0.782. The molecule has 1 atom stereocenters. The molecule has 0 aromatic carbocycles. The van der Waals surface area contributed by atoms with Gasteiger partial charge in [0.2, 0.25) is 0 Å². The molecule has 1 amide bonds. The van der Waals surface area contributed by atoms with Gasteiger partial charge in [0.1, 0.15) is 0 Å². The van der Waals surface area contributed by atoms with Crippen LogP contribution in [-0.2, 0) is 14.3 Å². The van der Waals surface area contributed by atoms with Gasteiger partial charge in [0.25, 0.3) is 0 Å². The SMILES string of the molecule is CCC(C)CN(CC)C(=O)C(=O)OC. The average Bonchev–Trinajstić information content (AvgIpc) is 2.23. The number of carbonyl (C=O) groups excluding carboxylic acids is 2. The van der Waals surface area contributed by atoms with Gasteiger partial charge in [0.05, 0.1) is 7.11 Å². The van der Waals surface area contributed by atoms with Crippen LogP contribution in [0.5, 0.6) is 0 Å². The predicted molar refractivity (Wildman–Crippen MR) is 53.7 cm³/mol. The second kappa shape index (κ2) is 6.40. The van der Waals surface area contributed by atoms with Crippen molar-refractivity contribution >= 4 is 11.9 Å². The fourth-order valence-corrected chi connectivity index (χ4v) is 1.08. The van der Waals surface area contributed by atoms with Gasteiger partial charge in [-0.2, -0.15) is 0 Å². The zero-order valence-electron chi connectivity index (χ0n) is 9.37. The Hall–Kier alpha value is -1.06. The van der Waals surface area contributed by atoms with Crippen molar-refractivity contribution in [3.05, 3.63) is 0 Å². The van der Waals surface area contributed by atoms with E-state index < -0.39 is 11.9 Å². The first-order valence-corrected chi connectivity index (χ1v) is 4.93. The maximum Gasteiger partial charge on any atom is 0.396 e. The molecule has 0 saturated carbocycles. The molecule has 0 spiro atoms. The number of amides is 1. The summed E-state index contributed by atoms with van der Waals surface area (Å²) in [5.41, 5.74) is 0. The zero-order chi connectivity index (χ0) is 11.1. The molecule has 1 unspecified atom stereocenters. The number of hydrogen-bond acceptors (Lipinski definition) is 3. The number of rotatable bonds is 4. The van der Waals surface area contributed by atoms with E-state index in [4.69, 9.17) is 0 Å². The van der Waals surface area contributed by atoms with E-state index in [0.29, 0.717) is 19.0 Å². The Balaban J connectivity index is 4.26. The van der Waals surface area contributed by atoms with Gasteiger partial charge in [-0.15, -0.1) is 0 Å². The highest BCUT2D eigenvalue weighted by Gasteiger charge is 2.21. The smallest absolute Gasteiger partial charge is 0.396 e. The van der Waals surface area contributed by atoms with E-state index in [1.54, 1.807) is 0 Å². The Bertz CT molecular complexity index is 204. The average molecular weight is 201 g/mol. The summed E-state index contributed by atoms with van der Waals surface area (Å²) in [6, 6.07) is 0. The van der Waals surface area contributed by atoms with Crippen molar-refractivity contribution in [3.63, 3.8) is 0 Å². The molecule has 0 rings (SSSR count). The summed E-state index contributed by atoms with van der Waals surface area (Å²) in [7, 11) is 1.22. The van der Waals surface area contributed by atoms with Gasteiger partial charge in [-0.05, 0) is 12.8 Å². The maximum absolute atomic E-state index is 11.4. The van der Waals surface area contributed by atoms with Crippen molar-refractivity contribution < 1.29 is 14.3 Å². The van der Waals surface area contributed by atoms with Gasteiger partial charge in [0, 0.05) is 13.1 Å². The highest BCUT2D eigenvalue weighted by atomic mass is 16.5. The summed E-state index contributed by atoms with van der Waals surface area (Å²) in [6.45, 7) is 7.11. The molecule has 0 fully saturated rings. The van der Waals surface area contributed by atoms with Crippen molar-refractivity contribution in [2.45, 2.75) is 27.2 Å². The Morgan fingerprint density at radius 2 is 1.93 bits per heavy atom. The highest BCUT2D eigenvalue weighted by Crippen LogP contribution is 2.04. The lowest BCUT2D eigenvalue weighted by atomic mass is 10.1. The molecule has 4 heteroatoms. The molecule has 0 aromatic rings. The third-order valence-corrected chi connectivity index (χ3v) is 2.26. The third-order valence-electron chi connectivity index (χ3n) is 2.26. The van der Waals surface area contributed by atoms with E-state index in [0.717, 1.165) is 6.42 Å². The number of likely N-dealkylation sites (N-methyl/N-ethyl adjacent to an activating group) is 1. The lowest BCUT2D eigenvalue weighted by Gasteiger charge is -2.22. The fourth-order valence-electron chi connectivity index (χ4n) is 1.08. The molecule has 0 aromatic heterocycles. The van der Waals surface area contributed by atoms with E-state index in [2.05, 4.69) is 11.7 Å². The van der Waals surface area contributed by atoms with Crippen LogP contribution in [0.1, 0.15) is 27.2 Å². The summed E-state index contributed by atoms with van der Waals surface area (Å²) in [5, 5.41) is 0. The monoisotopic (exact) mass is 201 g/mol. The Kier molecular flexibility index (Phi) is 5.92.